The van der Waals surface area contributed by atoms with Gasteiger partial charge in [0.05, 0.1) is 28.6 Å². The summed E-state index contributed by atoms with van der Waals surface area (Å²) in [5.41, 5.74) is 1.79. The lowest BCUT2D eigenvalue weighted by Crippen LogP contribution is -2.48. The molecule has 2 aromatic heterocycles. The number of fused-ring (bicyclic) bond motifs is 1. The molecule has 0 fully saturated rings. The van der Waals surface area contributed by atoms with Gasteiger partial charge in [-0.3, -0.25) is 9.59 Å². The van der Waals surface area contributed by atoms with E-state index in [-0.39, 0.29) is 23.1 Å². The highest BCUT2D eigenvalue weighted by Gasteiger charge is 2.26. The zero-order valence-electron chi connectivity index (χ0n) is 19.4. The molecule has 14 heteroatoms. The minimum atomic E-state index is -4.10. The van der Waals surface area contributed by atoms with Crippen molar-refractivity contribution in [1.82, 2.24) is 25.2 Å². The van der Waals surface area contributed by atoms with Gasteiger partial charge in [-0.2, -0.15) is 4.72 Å². The normalized spacial score (nSPS) is 12.2. The van der Waals surface area contributed by atoms with Crippen LogP contribution in [0.15, 0.2) is 70.1 Å². The van der Waals surface area contributed by atoms with Crippen molar-refractivity contribution in [2.75, 3.05) is 25.0 Å². The summed E-state index contributed by atoms with van der Waals surface area (Å²) in [4.78, 5) is 31.3. The highest BCUT2D eigenvalue weighted by atomic mass is 32.2. The lowest BCUT2D eigenvalue weighted by molar-refractivity contribution is -0.138. The highest BCUT2D eigenvalue weighted by Crippen LogP contribution is 2.14. The number of carbonyl (C=O) groups is 2. The summed E-state index contributed by atoms with van der Waals surface area (Å²) in [7, 11) is -4.10. The number of anilines is 1. The summed E-state index contributed by atoms with van der Waals surface area (Å²) < 4.78 is 37.3. The minimum absolute atomic E-state index is 0.0773. The van der Waals surface area contributed by atoms with Crippen LogP contribution >= 0.6 is 0 Å². The van der Waals surface area contributed by atoms with Crippen molar-refractivity contribution >= 4 is 38.9 Å². The molecule has 0 aliphatic carbocycles. The van der Waals surface area contributed by atoms with Crippen LogP contribution in [0.4, 0.5) is 5.95 Å². The molecule has 0 aliphatic heterocycles. The summed E-state index contributed by atoms with van der Waals surface area (Å²) in [6.07, 6.45) is 0.604. The first-order chi connectivity index (χ1) is 17.8. The van der Waals surface area contributed by atoms with Crippen LogP contribution in [-0.2, 0) is 14.8 Å². The van der Waals surface area contributed by atoms with Gasteiger partial charge in [-0.05, 0) is 35.8 Å². The van der Waals surface area contributed by atoms with E-state index in [0.717, 1.165) is 11.0 Å². The van der Waals surface area contributed by atoms with Gasteiger partial charge in [0.2, 0.25) is 21.7 Å². The van der Waals surface area contributed by atoms with Crippen molar-refractivity contribution in [1.29, 1.82) is 0 Å². The van der Waals surface area contributed by atoms with E-state index in [1.54, 1.807) is 6.07 Å². The van der Waals surface area contributed by atoms with Crippen LogP contribution in [0.2, 0.25) is 0 Å². The Balaban J connectivity index is 1.21. The van der Waals surface area contributed by atoms with Crippen molar-refractivity contribution in [3.63, 3.8) is 0 Å². The third-order valence-corrected chi connectivity index (χ3v) is 6.57. The fourth-order valence-corrected chi connectivity index (χ4v) is 4.45. The number of rotatable bonds is 13. The molecule has 1 atom stereocenters. The van der Waals surface area contributed by atoms with Crippen LogP contribution in [0, 0.1) is 0 Å². The van der Waals surface area contributed by atoms with E-state index < -0.39 is 34.5 Å². The van der Waals surface area contributed by atoms with Crippen molar-refractivity contribution in [2.24, 2.45) is 0 Å². The molecule has 4 rings (SSSR count). The molecule has 0 aliphatic rings. The molecule has 0 bridgehead atoms. The molecule has 1 amide bonds. The Bertz CT molecular complexity index is 1440. The fraction of sp³-hybridized carbons (Fsp3) is 0.217. The predicted octanol–water partition coefficient (Wildman–Crippen LogP) is 1.59. The topological polar surface area (TPSA) is 189 Å². The molecular weight excluding hydrogens is 504 g/mol. The number of aromatic amines is 1. The number of benzene rings is 2. The summed E-state index contributed by atoms with van der Waals surface area (Å²) in [5, 5.41) is 18.5. The number of nitrogens with one attached hydrogen (secondary N) is 4. The number of ether oxygens (including phenoxy) is 1. The SMILES string of the molecule is O=C(NCC(NS(=O)(=O)c1ccccc1)C(=O)O)c1cc(OCCCNc2nc3ccccc3[nH]2)no1. The number of carboxylic acids is 1. The molecule has 13 nitrogen and oxygen atoms in total. The van der Waals surface area contributed by atoms with E-state index in [4.69, 9.17) is 9.26 Å². The van der Waals surface area contributed by atoms with Crippen LogP contribution in [-0.4, -0.2) is 66.3 Å². The predicted molar refractivity (Wildman–Crippen MR) is 132 cm³/mol. The van der Waals surface area contributed by atoms with Gasteiger partial charge in [0, 0.05) is 13.1 Å². The molecule has 0 spiro atoms. The third kappa shape index (κ3) is 6.83. The maximum atomic E-state index is 12.4. The van der Waals surface area contributed by atoms with Crippen LogP contribution in [0.3, 0.4) is 0 Å². The summed E-state index contributed by atoms with van der Waals surface area (Å²) in [6, 6.07) is 14.6. The number of imidazole rings is 1. The van der Waals surface area contributed by atoms with E-state index in [9.17, 15) is 23.1 Å². The van der Waals surface area contributed by atoms with Gasteiger partial charge in [-0.25, -0.2) is 13.4 Å². The van der Waals surface area contributed by atoms with Gasteiger partial charge in [0.25, 0.3) is 11.8 Å². The molecular formula is C23H24N6O7S. The third-order valence-electron chi connectivity index (χ3n) is 5.08. The van der Waals surface area contributed by atoms with Gasteiger partial charge in [-0.1, -0.05) is 30.3 Å². The van der Waals surface area contributed by atoms with Gasteiger partial charge < -0.3 is 30.0 Å². The number of amides is 1. The lowest BCUT2D eigenvalue weighted by Gasteiger charge is -2.15. The first-order valence-electron chi connectivity index (χ1n) is 11.2. The number of carboxylic acid groups (broad SMARTS) is 1. The van der Waals surface area contributed by atoms with Gasteiger partial charge >= 0.3 is 5.97 Å². The number of carbonyl (C=O) groups excluding carboxylic acids is 1. The zero-order valence-corrected chi connectivity index (χ0v) is 20.2. The highest BCUT2D eigenvalue weighted by molar-refractivity contribution is 7.89. The number of hydrogen-bond donors (Lipinski definition) is 5. The molecule has 2 heterocycles. The fourth-order valence-electron chi connectivity index (χ4n) is 3.24. The Hall–Kier alpha value is -4.43. The number of nitrogens with zero attached hydrogens (tertiary/aromatic N) is 2. The van der Waals surface area contributed by atoms with Crippen LogP contribution in [0.1, 0.15) is 17.0 Å². The molecule has 1 unspecified atom stereocenters. The van der Waals surface area contributed by atoms with Crippen LogP contribution in [0.5, 0.6) is 5.88 Å². The molecule has 0 saturated heterocycles. The number of para-hydroxylation sites is 2. The van der Waals surface area contributed by atoms with Crippen molar-refractivity contribution in [3.05, 3.63) is 66.4 Å². The second kappa shape index (κ2) is 11.5. The quantitative estimate of drug-likeness (QED) is 0.159. The van der Waals surface area contributed by atoms with Gasteiger partial charge in [0.15, 0.2) is 0 Å². The smallest absolute Gasteiger partial charge is 0.323 e. The largest absolute Gasteiger partial charge is 0.480 e. The lowest BCUT2D eigenvalue weighted by atomic mass is 10.3. The van der Waals surface area contributed by atoms with Crippen LogP contribution in [0.25, 0.3) is 11.0 Å². The van der Waals surface area contributed by atoms with Crippen molar-refractivity contribution in [2.45, 2.75) is 17.4 Å². The van der Waals surface area contributed by atoms with E-state index in [2.05, 4.69) is 30.5 Å². The Morgan fingerprint density at radius 2 is 1.86 bits per heavy atom. The number of aliphatic carboxylic acids is 1. The monoisotopic (exact) mass is 528 g/mol. The molecule has 37 heavy (non-hydrogen) atoms. The second-order valence-electron chi connectivity index (χ2n) is 7.80. The molecule has 5 N–H and O–H groups in total. The average Bonchev–Trinajstić information content (AvgIpc) is 3.53. The summed E-state index contributed by atoms with van der Waals surface area (Å²) in [5.74, 6) is -1.73. The Labute approximate surface area is 211 Å². The second-order valence-corrected chi connectivity index (χ2v) is 9.51. The Morgan fingerprint density at radius 3 is 2.62 bits per heavy atom. The van der Waals surface area contributed by atoms with Gasteiger partial charge in [0.1, 0.15) is 6.04 Å². The molecule has 4 aromatic rings. The zero-order chi connectivity index (χ0) is 26.3. The maximum Gasteiger partial charge on any atom is 0.323 e. The number of hydrogen-bond acceptors (Lipinski definition) is 9. The number of H-pyrrole nitrogens is 1. The minimum Gasteiger partial charge on any atom is -0.480 e. The standard InChI is InChI=1S/C23H24N6O7S/c30-21(25-14-18(22(31)32)29-37(33,34)15-7-2-1-3-8-15)19-13-20(28-36-19)35-12-6-11-24-23-26-16-9-4-5-10-17(16)27-23/h1-5,7-10,13,18,29H,6,11-12,14H2,(H,25,30)(H,31,32)(H2,24,26,27). The average molecular weight is 529 g/mol. The molecule has 194 valence electrons. The van der Waals surface area contributed by atoms with E-state index >= 15 is 0 Å². The van der Waals surface area contributed by atoms with E-state index in [1.807, 2.05) is 24.3 Å². The molecule has 0 radical (unpaired) electrons. The Morgan fingerprint density at radius 1 is 1.11 bits per heavy atom. The molecule has 0 saturated carbocycles. The van der Waals surface area contributed by atoms with Crippen LogP contribution < -0.4 is 20.1 Å². The number of aromatic nitrogens is 3. The maximum absolute atomic E-state index is 12.4. The first-order valence-corrected chi connectivity index (χ1v) is 12.7. The van der Waals surface area contributed by atoms with E-state index in [0.29, 0.717) is 18.9 Å². The first kappa shape index (κ1) is 25.7. The summed E-state index contributed by atoms with van der Waals surface area (Å²) in [6.45, 7) is 0.328. The Kier molecular flexibility index (Phi) is 8.00. The summed E-state index contributed by atoms with van der Waals surface area (Å²) >= 11 is 0. The van der Waals surface area contributed by atoms with Crippen molar-refractivity contribution in [3.8, 4) is 5.88 Å². The number of sulfonamides is 1. The van der Waals surface area contributed by atoms with Gasteiger partial charge in [-0.15, -0.1) is 0 Å². The van der Waals surface area contributed by atoms with E-state index in [1.165, 1.54) is 30.3 Å². The molecule has 2 aromatic carbocycles. The van der Waals surface area contributed by atoms with Crippen molar-refractivity contribution < 1.29 is 32.4 Å².